The van der Waals surface area contributed by atoms with Gasteiger partial charge in [0.2, 0.25) is 0 Å². The van der Waals surface area contributed by atoms with E-state index in [-0.39, 0.29) is 18.2 Å². The molecule has 108 valence electrons. The molecule has 1 heterocycles. The van der Waals surface area contributed by atoms with Crippen LogP contribution in [0.15, 0.2) is 12.3 Å². The van der Waals surface area contributed by atoms with Gasteiger partial charge in [-0.05, 0) is 12.5 Å². The van der Waals surface area contributed by atoms with Gasteiger partial charge in [-0.25, -0.2) is 4.98 Å². The molecular formula is C12H12F3N3O2. The van der Waals surface area contributed by atoms with Crippen molar-refractivity contribution in [2.45, 2.75) is 32.0 Å². The lowest BCUT2D eigenvalue weighted by Crippen LogP contribution is -2.19. The molecule has 0 amide bonds. The third-order valence-electron chi connectivity index (χ3n) is 2.59. The molecule has 0 aromatic carbocycles. The molecule has 0 aliphatic rings. The molecule has 0 spiro atoms. The van der Waals surface area contributed by atoms with E-state index in [0.29, 0.717) is 18.7 Å². The van der Waals surface area contributed by atoms with E-state index in [1.807, 2.05) is 0 Å². The molecule has 1 aromatic heterocycles. The molecule has 0 fully saturated rings. The fraction of sp³-hybridized carbons (Fsp3) is 0.417. The van der Waals surface area contributed by atoms with Gasteiger partial charge >= 0.3 is 11.9 Å². The van der Waals surface area contributed by atoms with Gasteiger partial charge in [-0.1, -0.05) is 6.92 Å². The molecular weight excluding hydrogens is 275 g/mol. The Morgan fingerprint density at radius 1 is 1.60 bits per heavy atom. The minimum Gasteiger partial charge on any atom is -0.376 e. The Labute approximate surface area is 113 Å². The van der Waals surface area contributed by atoms with Crippen molar-refractivity contribution in [3.8, 4) is 12.3 Å². The summed E-state index contributed by atoms with van der Waals surface area (Å²) in [5.74, 6) is 2.36. The maximum Gasteiger partial charge on any atom is 0.433 e. The lowest BCUT2D eigenvalue weighted by molar-refractivity contribution is -0.384. The van der Waals surface area contributed by atoms with Gasteiger partial charge in [0.25, 0.3) is 0 Å². The van der Waals surface area contributed by atoms with E-state index < -0.39 is 22.5 Å². The van der Waals surface area contributed by atoms with Crippen molar-refractivity contribution in [1.29, 1.82) is 0 Å². The number of hydrogen-bond donors (Lipinski definition) is 1. The Bertz CT molecular complexity index is 538. The molecule has 0 bridgehead atoms. The second kappa shape index (κ2) is 6.23. The van der Waals surface area contributed by atoms with Crippen LogP contribution in [0.2, 0.25) is 0 Å². The number of alkyl halides is 3. The highest BCUT2D eigenvalue weighted by Crippen LogP contribution is 2.33. The number of aromatic nitrogens is 1. The van der Waals surface area contributed by atoms with Crippen LogP contribution in [0.25, 0.3) is 0 Å². The maximum absolute atomic E-state index is 12.6. The Morgan fingerprint density at radius 3 is 2.70 bits per heavy atom. The molecule has 0 saturated carbocycles. The standard InChI is InChI=1S/C12H12F3N3O2/c1-3-5-8(4-2)17-9-6-11(12(13,14)15)16-7-10(9)18(19)20/h1,6-8H,4-5H2,2H3,(H,16,17). The first kappa shape index (κ1) is 15.8. The number of nitrogens with one attached hydrogen (secondary N) is 1. The van der Waals surface area contributed by atoms with Crippen LogP contribution in [0.4, 0.5) is 24.5 Å². The molecule has 1 aromatic rings. The summed E-state index contributed by atoms with van der Waals surface area (Å²) in [5, 5.41) is 13.5. The van der Waals surface area contributed by atoms with Crippen molar-refractivity contribution in [2.24, 2.45) is 0 Å². The summed E-state index contributed by atoms with van der Waals surface area (Å²) in [6.07, 6.45) is 1.83. The Morgan fingerprint density at radius 2 is 2.25 bits per heavy atom. The zero-order valence-corrected chi connectivity index (χ0v) is 10.6. The average Bonchev–Trinajstić information content (AvgIpc) is 2.36. The number of pyridine rings is 1. The maximum atomic E-state index is 12.6. The highest BCUT2D eigenvalue weighted by Gasteiger charge is 2.34. The second-order valence-corrected chi connectivity index (χ2v) is 4.00. The average molecular weight is 287 g/mol. The molecule has 0 radical (unpaired) electrons. The van der Waals surface area contributed by atoms with Gasteiger partial charge in [-0.2, -0.15) is 13.2 Å². The first-order chi connectivity index (χ1) is 9.29. The number of anilines is 1. The van der Waals surface area contributed by atoms with E-state index in [2.05, 4.69) is 16.2 Å². The molecule has 0 aliphatic heterocycles. The molecule has 1 N–H and O–H groups in total. The molecule has 20 heavy (non-hydrogen) atoms. The zero-order valence-electron chi connectivity index (χ0n) is 10.6. The summed E-state index contributed by atoms with van der Waals surface area (Å²) >= 11 is 0. The van der Waals surface area contributed by atoms with Gasteiger partial charge in [0.1, 0.15) is 17.6 Å². The van der Waals surface area contributed by atoms with E-state index in [1.165, 1.54) is 0 Å². The van der Waals surface area contributed by atoms with Crippen LogP contribution in [0.1, 0.15) is 25.5 Å². The van der Waals surface area contributed by atoms with Crippen LogP contribution in [0.5, 0.6) is 0 Å². The van der Waals surface area contributed by atoms with Crippen molar-refractivity contribution in [1.82, 2.24) is 4.98 Å². The van der Waals surface area contributed by atoms with Gasteiger partial charge in [0.05, 0.1) is 4.92 Å². The number of halogens is 3. The summed E-state index contributed by atoms with van der Waals surface area (Å²) in [6, 6.07) is 0.277. The second-order valence-electron chi connectivity index (χ2n) is 4.00. The topological polar surface area (TPSA) is 68.1 Å². The minimum absolute atomic E-state index is 0.237. The van der Waals surface area contributed by atoms with Crippen molar-refractivity contribution in [3.05, 3.63) is 28.1 Å². The van der Waals surface area contributed by atoms with Crippen molar-refractivity contribution in [2.75, 3.05) is 5.32 Å². The number of nitro groups is 1. The van der Waals surface area contributed by atoms with Crippen LogP contribution in [0, 0.1) is 22.5 Å². The predicted octanol–water partition coefficient (Wildman–Crippen LogP) is 3.22. The summed E-state index contributed by atoms with van der Waals surface area (Å²) in [4.78, 5) is 13.1. The highest BCUT2D eigenvalue weighted by atomic mass is 19.4. The fourth-order valence-electron chi connectivity index (χ4n) is 1.52. The largest absolute Gasteiger partial charge is 0.433 e. The van der Waals surface area contributed by atoms with Gasteiger partial charge in [-0.3, -0.25) is 10.1 Å². The quantitative estimate of drug-likeness (QED) is 0.513. The SMILES string of the molecule is C#CCC(CC)Nc1cc(C(F)(F)F)ncc1[N+](=O)[O-]. The van der Waals surface area contributed by atoms with E-state index in [1.54, 1.807) is 6.92 Å². The zero-order chi connectivity index (χ0) is 15.3. The lowest BCUT2D eigenvalue weighted by Gasteiger charge is -2.16. The predicted molar refractivity (Wildman–Crippen MR) is 67.0 cm³/mol. The number of hydrogen-bond acceptors (Lipinski definition) is 4. The number of terminal acetylenes is 1. The first-order valence-corrected chi connectivity index (χ1v) is 5.71. The van der Waals surface area contributed by atoms with Crippen molar-refractivity contribution < 1.29 is 18.1 Å². The van der Waals surface area contributed by atoms with E-state index in [9.17, 15) is 23.3 Å². The van der Waals surface area contributed by atoms with Crippen molar-refractivity contribution in [3.63, 3.8) is 0 Å². The van der Waals surface area contributed by atoms with Crippen molar-refractivity contribution >= 4 is 11.4 Å². The first-order valence-electron chi connectivity index (χ1n) is 5.71. The van der Waals surface area contributed by atoms with Gasteiger partial charge in [0.15, 0.2) is 0 Å². The third-order valence-corrected chi connectivity index (χ3v) is 2.59. The minimum atomic E-state index is -4.67. The molecule has 1 atom stereocenters. The fourth-order valence-corrected chi connectivity index (χ4v) is 1.52. The Hall–Kier alpha value is -2.30. The van der Waals surface area contributed by atoms with Crippen LogP contribution in [0.3, 0.4) is 0 Å². The lowest BCUT2D eigenvalue weighted by atomic mass is 10.1. The molecule has 5 nitrogen and oxygen atoms in total. The van der Waals surface area contributed by atoms with Crippen LogP contribution in [-0.2, 0) is 6.18 Å². The van der Waals surface area contributed by atoms with E-state index >= 15 is 0 Å². The summed E-state index contributed by atoms with van der Waals surface area (Å²) in [5.41, 5.74) is -1.95. The monoisotopic (exact) mass is 287 g/mol. The van der Waals surface area contributed by atoms with E-state index in [4.69, 9.17) is 6.42 Å². The summed E-state index contributed by atoms with van der Waals surface area (Å²) in [7, 11) is 0. The normalized spacial score (nSPS) is 12.6. The van der Waals surface area contributed by atoms with E-state index in [0.717, 1.165) is 0 Å². The van der Waals surface area contributed by atoms with Crippen LogP contribution >= 0.6 is 0 Å². The van der Waals surface area contributed by atoms with Gasteiger partial charge < -0.3 is 5.32 Å². The van der Waals surface area contributed by atoms with Crippen LogP contribution < -0.4 is 5.32 Å². The van der Waals surface area contributed by atoms with Gasteiger partial charge in [-0.15, -0.1) is 12.3 Å². The Balaban J connectivity index is 3.19. The number of nitrogens with zero attached hydrogens (tertiary/aromatic N) is 2. The molecule has 0 saturated heterocycles. The molecule has 1 rings (SSSR count). The number of rotatable bonds is 5. The van der Waals surface area contributed by atoms with Gasteiger partial charge in [0, 0.05) is 12.5 Å². The Kier molecular flexibility index (Phi) is 4.91. The summed E-state index contributed by atoms with van der Waals surface area (Å²) in [6.45, 7) is 1.77. The molecule has 0 aliphatic carbocycles. The van der Waals surface area contributed by atoms with Crippen LogP contribution in [-0.4, -0.2) is 15.9 Å². The summed E-state index contributed by atoms with van der Waals surface area (Å²) < 4.78 is 37.7. The molecule has 8 heteroatoms. The third kappa shape index (κ3) is 3.85. The molecule has 1 unspecified atom stereocenters. The highest BCUT2D eigenvalue weighted by molar-refractivity contribution is 5.61. The smallest absolute Gasteiger partial charge is 0.376 e.